The number of hydrogen-bond acceptors (Lipinski definition) is 6. The van der Waals surface area contributed by atoms with Gasteiger partial charge in [-0.25, -0.2) is 4.79 Å². The van der Waals surface area contributed by atoms with Gasteiger partial charge in [-0.15, -0.1) is 0 Å². The zero-order valence-electron chi connectivity index (χ0n) is 15.1. The third-order valence-electron chi connectivity index (χ3n) is 3.76. The summed E-state index contributed by atoms with van der Waals surface area (Å²) in [4.78, 5) is 33.8. The van der Waals surface area contributed by atoms with Gasteiger partial charge in [0.15, 0.2) is 13.2 Å². The SMILES string of the molecule is CCc1ccc(OCC(=O)OCC(=O)Nc2cc([N+](=O)[O-])ccc2C)cc1. The molecule has 0 spiro atoms. The Labute approximate surface area is 156 Å². The minimum absolute atomic E-state index is 0.143. The Bertz CT molecular complexity index is 833. The maximum atomic E-state index is 11.9. The number of nitro groups is 1. The number of nitro benzene ring substituents is 1. The summed E-state index contributed by atoms with van der Waals surface area (Å²) >= 11 is 0. The maximum Gasteiger partial charge on any atom is 0.344 e. The molecule has 0 aromatic heterocycles. The molecule has 27 heavy (non-hydrogen) atoms. The fourth-order valence-electron chi connectivity index (χ4n) is 2.20. The van der Waals surface area contributed by atoms with Crippen LogP contribution in [0.5, 0.6) is 5.75 Å². The van der Waals surface area contributed by atoms with E-state index in [2.05, 4.69) is 5.32 Å². The number of aryl methyl sites for hydroxylation is 2. The first-order valence-corrected chi connectivity index (χ1v) is 8.31. The Hall–Kier alpha value is -3.42. The number of non-ortho nitro benzene ring substituents is 1. The van der Waals surface area contributed by atoms with Gasteiger partial charge in [-0.1, -0.05) is 25.1 Å². The number of esters is 1. The number of carbonyl (C=O) groups is 2. The molecule has 0 saturated carbocycles. The van der Waals surface area contributed by atoms with Crippen LogP contribution in [-0.4, -0.2) is 30.0 Å². The van der Waals surface area contributed by atoms with Crippen molar-refractivity contribution < 1.29 is 24.0 Å². The first kappa shape index (κ1) is 19.9. The molecular weight excluding hydrogens is 352 g/mol. The third-order valence-corrected chi connectivity index (χ3v) is 3.76. The molecule has 2 aromatic carbocycles. The predicted molar refractivity (Wildman–Crippen MR) is 98.7 cm³/mol. The number of anilines is 1. The molecule has 0 unspecified atom stereocenters. The maximum absolute atomic E-state index is 11.9. The van der Waals surface area contributed by atoms with Crippen molar-refractivity contribution in [2.75, 3.05) is 18.5 Å². The Morgan fingerprint density at radius 3 is 2.44 bits per heavy atom. The van der Waals surface area contributed by atoms with Crippen LogP contribution in [0.15, 0.2) is 42.5 Å². The molecule has 0 radical (unpaired) electrons. The second kappa shape index (κ2) is 9.33. The van der Waals surface area contributed by atoms with Crippen LogP contribution in [0.2, 0.25) is 0 Å². The van der Waals surface area contributed by atoms with Crippen LogP contribution < -0.4 is 10.1 Å². The van der Waals surface area contributed by atoms with Crippen molar-refractivity contribution in [3.8, 4) is 5.75 Å². The first-order chi connectivity index (χ1) is 12.9. The van der Waals surface area contributed by atoms with Gasteiger partial charge in [0, 0.05) is 12.1 Å². The predicted octanol–water partition coefficient (Wildman–Crippen LogP) is 3.03. The minimum atomic E-state index is -0.694. The first-order valence-electron chi connectivity index (χ1n) is 8.31. The number of carbonyl (C=O) groups excluding carboxylic acids is 2. The average molecular weight is 372 g/mol. The minimum Gasteiger partial charge on any atom is -0.482 e. The van der Waals surface area contributed by atoms with Gasteiger partial charge in [-0.3, -0.25) is 14.9 Å². The lowest BCUT2D eigenvalue weighted by Gasteiger charge is -2.09. The van der Waals surface area contributed by atoms with Gasteiger partial charge >= 0.3 is 5.97 Å². The third kappa shape index (κ3) is 6.10. The molecule has 2 aromatic rings. The highest BCUT2D eigenvalue weighted by Gasteiger charge is 2.13. The Morgan fingerprint density at radius 1 is 1.11 bits per heavy atom. The number of amides is 1. The standard InChI is InChI=1S/C19H20N2O6/c1-3-14-5-8-16(9-6-14)26-12-19(23)27-11-18(22)20-17-10-15(21(24)25)7-4-13(17)2/h4-10H,3,11-12H2,1-2H3,(H,20,22). The summed E-state index contributed by atoms with van der Waals surface area (Å²) in [6, 6.07) is 11.4. The Morgan fingerprint density at radius 2 is 1.81 bits per heavy atom. The lowest BCUT2D eigenvalue weighted by molar-refractivity contribution is -0.384. The van der Waals surface area contributed by atoms with Crippen molar-refractivity contribution >= 4 is 23.3 Å². The lowest BCUT2D eigenvalue weighted by Crippen LogP contribution is -2.24. The zero-order valence-corrected chi connectivity index (χ0v) is 15.1. The zero-order chi connectivity index (χ0) is 19.8. The fraction of sp³-hybridized carbons (Fsp3) is 0.263. The summed E-state index contributed by atoms with van der Waals surface area (Å²) in [6.45, 7) is 2.89. The molecule has 0 aliphatic carbocycles. The van der Waals surface area contributed by atoms with Crippen molar-refractivity contribution in [2.24, 2.45) is 0 Å². The van der Waals surface area contributed by atoms with E-state index in [9.17, 15) is 19.7 Å². The molecule has 2 rings (SSSR count). The number of rotatable bonds is 8. The Balaban J connectivity index is 1.80. The molecule has 1 N–H and O–H groups in total. The van der Waals surface area contributed by atoms with E-state index in [1.54, 1.807) is 19.1 Å². The van der Waals surface area contributed by atoms with Crippen molar-refractivity contribution in [1.29, 1.82) is 0 Å². The monoisotopic (exact) mass is 372 g/mol. The number of ether oxygens (including phenoxy) is 2. The quantitative estimate of drug-likeness (QED) is 0.433. The van der Waals surface area contributed by atoms with Crippen LogP contribution in [0.1, 0.15) is 18.1 Å². The van der Waals surface area contributed by atoms with E-state index in [0.717, 1.165) is 12.0 Å². The van der Waals surface area contributed by atoms with E-state index in [0.29, 0.717) is 11.3 Å². The summed E-state index contributed by atoms with van der Waals surface area (Å²) in [5.41, 5.74) is 1.95. The van der Waals surface area contributed by atoms with Crippen molar-refractivity contribution in [3.63, 3.8) is 0 Å². The summed E-state index contributed by atoms with van der Waals surface area (Å²) in [5.74, 6) is -0.763. The summed E-state index contributed by atoms with van der Waals surface area (Å²) in [7, 11) is 0. The van der Waals surface area contributed by atoms with Crippen molar-refractivity contribution in [3.05, 3.63) is 63.7 Å². The van der Waals surface area contributed by atoms with Gasteiger partial charge in [-0.2, -0.15) is 0 Å². The second-order valence-corrected chi connectivity index (χ2v) is 5.75. The largest absolute Gasteiger partial charge is 0.482 e. The summed E-state index contributed by atoms with van der Waals surface area (Å²) in [6.07, 6.45) is 0.904. The van der Waals surface area contributed by atoms with Gasteiger partial charge in [0.2, 0.25) is 0 Å². The van der Waals surface area contributed by atoms with E-state index in [1.165, 1.54) is 18.2 Å². The molecule has 0 saturated heterocycles. The van der Waals surface area contributed by atoms with Crippen LogP contribution >= 0.6 is 0 Å². The fourth-order valence-corrected chi connectivity index (χ4v) is 2.20. The summed E-state index contributed by atoms with van der Waals surface area (Å²) < 4.78 is 10.1. The van der Waals surface area contributed by atoms with Crippen molar-refractivity contribution in [1.82, 2.24) is 0 Å². The van der Waals surface area contributed by atoms with E-state index < -0.39 is 23.4 Å². The van der Waals surface area contributed by atoms with E-state index in [4.69, 9.17) is 9.47 Å². The molecule has 8 heteroatoms. The van der Waals surface area contributed by atoms with Crippen molar-refractivity contribution in [2.45, 2.75) is 20.3 Å². The molecule has 0 bridgehead atoms. The molecule has 1 amide bonds. The number of nitrogens with one attached hydrogen (secondary N) is 1. The molecule has 0 fully saturated rings. The average Bonchev–Trinajstić information content (AvgIpc) is 2.66. The molecular formula is C19H20N2O6. The van der Waals surface area contributed by atoms with E-state index in [1.807, 2.05) is 19.1 Å². The van der Waals surface area contributed by atoms with Gasteiger partial charge in [0.25, 0.3) is 11.6 Å². The van der Waals surface area contributed by atoms with Crippen LogP contribution in [0.4, 0.5) is 11.4 Å². The number of nitrogens with zero attached hydrogens (tertiary/aromatic N) is 1. The normalized spacial score (nSPS) is 10.1. The van der Waals surface area contributed by atoms with Gasteiger partial charge in [0.1, 0.15) is 5.75 Å². The topological polar surface area (TPSA) is 108 Å². The van der Waals surface area contributed by atoms with E-state index >= 15 is 0 Å². The molecule has 0 heterocycles. The number of benzene rings is 2. The second-order valence-electron chi connectivity index (χ2n) is 5.75. The smallest absolute Gasteiger partial charge is 0.344 e. The van der Waals surface area contributed by atoms with Crippen LogP contribution in [-0.2, 0) is 20.7 Å². The van der Waals surface area contributed by atoms with E-state index in [-0.39, 0.29) is 18.0 Å². The molecule has 0 aliphatic heterocycles. The van der Waals surface area contributed by atoms with Gasteiger partial charge < -0.3 is 14.8 Å². The highest BCUT2D eigenvalue weighted by Crippen LogP contribution is 2.21. The Kier molecular flexibility index (Phi) is 6.87. The van der Waals surface area contributed by atoms with Crippen LogP contribution in [0.25, 0.3) is 0 Å². The highest BCUT2D eigenvalue weighted by atomic mass is 16.6. The molecule has 0 atom stereocenters. The summed E-state index contributed by atoms with van der Waals surface area (Å²) in [5, 5.41) is 13.3. The highest BCUT2D eigenvalue weighted by molar-refractivity contribution is 5.93. The van der Waals surface area contributed by atoms with Gasteiger partial charge in [-0.05, 0) is 36.6 Å². The van der Waals surface area contributed by atoms with Gasteiger partial charge in [0.05, 0.1) is 10.6 Å². The van der Waals surface area contributed by atoms with Crippen LogP contribution in [0.3, 0.4) is 0 Å². The molecule has 0 aliphatic rings. The molecule has 142 valence electrons. The molecule has 8 nitrogen and oxygen atoms in total. The van der Waals surface area contributed by atoms with Crippen LogP contribution in [0, 0.1) is 17.0 Å². The number of hydrogen-bond donors (Lipinski definition) is 1. The lowest BCUT2D eigenvalue weighted by atomic mass is 10.2.